The molecule has 0 heterocycles. The molecule has 0 aliphatic heterocycles. The van der Waals surface area contributed by atoms with Gasteiger partial charge in [0.2, 0.25) is 0 Å². The van der Waals surface area contributed by atoms with Crippen molar-refractivity contribution in [3.8, 4) is 6.07 Å². The monoisotopic (exact) mass is 223 g/mol. The van der Waals surface area contributed by atoms with Crippen LogP contribution in [0.2, 0.25) is 0 Å². The van der Waals surface area contributed by atoms with E-state index in [0.29, 0.717) is 6.42 Å². The first-order valence-corrected chi connectivity index (χ1v) is 4.57. The maximum absolute atomic E-state index is 8.59. The molecule has 0 spiro atoms. The van der Waals surface area contributed by atoms with Crippen LogP contribution in [-0.4, -0.2) is 0 Å². The Bertz CT molecular complexity index is 336. The van der Waals surface area contributed by atoms with Gasteiger partial charge in [0, 0.05) is 4.47 Å². The number of aryl methyl sites for hydroxylation is 1. The van der Waals surface area contributed by atoms with E-state index in [9.17, 15) is 0 Å². The molecule has 0 saturated heterocycles. The van der Waals surface area contributed by atoms with Crippen LogP contribution < -0.4 is 0 Å². The summed E-state index contributed by atoms with van der Waals surface area (Å²) >= 11 is 3.43. The SMILES string of the molecule is Cc1ccc(Br)c(CC#N)c1C. The molecule has 0 aromatic heterocycles. The van der Waals surface area contributed by atoms with Gasteiger partial charge in [-0.15, -0.1) is 0 Å². The number of hydrogen-bond acceptors (Lipinski definition) is 1. The summed E-state index contributed by atoms with van der Waals surface area (Å²) in [5.74, 6) is 0. The minimum absolute atomic E-state index is 0.480. The van der Waals surface area contributed by atoms with Gasteiger partial charge in [-0.05, 0) is 36.6 Å². The van der Waals surface area contributed by atoms with Gasteiger partial charge in [-0.3, -0.25) is 0 Å². The molecule has 12 heavy (non-hydrogen) atoms. The Labute approximate surface area is 81.2 Å². The Kier molecular flexibility index (Phi) is 2.88. The molecule has 0 fully saturated rings. The third kappa shape index (κ3) is 1.67. The first kappa shape index (κ1) is 9.28. The highest BCUT2D eigenvalue weighted by atomic mass is 79.9. The van der Waals surface area contributed by atoms with Crippen LogP contribution in [0.5, 0.6) is 0 Å². The number of benzene rings is 1. The third-order valence-electron chi connectivity index (χ3n) is 2.07. The molecule has 0 N–H and O–H groups in total. The summed E-state index contributed by atoms with van der Waals surface area (Å²) in [7, 11) is 0. The molecule has 0 amide bonds. The van der Waals surface area contributed by atoms with Crippen molar-refractivity contribution in [1.29, 1.82) is 5.26 Å². The normalized spacial score (nSPS) is 9.50. The van der Waals surface area contributed by atoms with E-state index in [0.717, 1.165) is 10.0 Å². The van der Waals surface area contributed by atoms with E-state index < -0.39 is 0 Å². The fourth-order valence-electron chi connectivity index (χ4n) is 1.14. The van der Waals surface area contributed by atoms with Gasteiger partial charge in [-0.2, -0.15) is 5.26 Å². The van der Waals surface area contributed by atoms with Gasteiger partial charge in [-0.25, -0.2) is 0 Å². The first-order chi connectivity index (χ1) is 5.66. The largest absolute Gasteiger partial charge is 0.198 e. The summed E-state index contributed by atoms with van der Waals surface area (Å²) in [6.07, 6.45) is 0.480. The van der Waals surface area contributed by atoms with E-state index >= 15 is 0 Å². The number of nitriles is 1. The summed E-state index contributed by atoms with van der Waals surface area (Å²) in [6, 6.07) is 6.21. The molecule has 1 rings (SSSR count). The highest BCUT2D eigenvalue weighted by Crippen LogP contribution is 2.23. The van der Waals surface area contributed by atoms with Crippen LogP contribution in [0.1, 0.15) is 16.7 Å². The molecule has 0 aliphatic carbocycles. The highest BCUT2D eigenvalue weighted by molar-refractivity contribution is 9.10. The maximum atomic E-state index is 8.59. The minimum Gasteiger partial charge on any atom is -0.198 e. The summed E-state index contributed by atoms with van der Waals surface area (Å²) in [5, 5.41) is 8.59. The number of halogens is 1. The lowest BCUT2D eigenvalue weighted by Crippen LogP contribution is -1.92. The molecule has 1 nitrogen and oxygen atoms in total. The number of hydrogen-bond donors (Lipinski definition) is 0. The molecule has 62 valence electrons. The second kappa shape index (κ2) is 3.73. The smallest absolute Gasteiger partial charge is 0.0670 e. The summed E-state index contributed by atoms with van der Waals surface area (Å²) in [6.45, 7) is 4.11. The predicted octanol–water partition coefficient (Wildman–Crippen LogP) is 3.13. The number of rotatable bonds is 1. The van der Waals surface area contributed by atoms with Crippen LogP contribution in [0.4, 0.5) is 0 Å². The molecule has 1 aromatic rings. The van der Waals surface area contributed by atoms with Crippen LogP contribution in [-0.2, 0) is 6.42 Å². The lowest BCUT2D eigenvalue weighted by atomic mass is 10.0. The minimum atomic E-state index is 0.480. The van der Waals surface area contributed by atoms with E-state index in [-0.39, 0.29) is 0 Å². The standard InChI is InChI=1S/C10H10BrN/c1-7-3-4-10(11)9(5-6-12)8(7)2/h3-4H,5H2,1-2H3. The van der Waals surface area contributed by atoms with Gasteiger partial charge < -0.3 is 0 Å². The molecule has 0 saturated carbocycles. The Morgan fingerprint density at radius 2 is 2.08 bits per heavy atom. The van der Waals surface area contributed by atoms with Crippen molar-refractivity contribution in [2.24, 2.45) is 0 Å². The Morgan fingerprint density at radius 3 is 2.67 bits per heavy atom. The Hall–Kier alpha value is -0.810. The van der Waals surface area contributed by atoms with Crippen LogP contribution in [0.15, 0.2) is 16.6 Å². The predicted molar refractivity (Wildman–Crippen MR) is 52.9 cm³/mol. The zero-order valence-corrected chi connectivity index (χ0v) is 8.77. The van der Waals surface area contributed by atoms with Crippen molar-refractivity contribution in [3.05, 3.63) is 33.3 Å². The molecule has 1 aromatic carbocycles. The molecule has 0 radical (unpaired) electrons. The van der Waals surface area contributed by atoms with Crippen molar-refractivity contribution >= 4 is 15.9 Å². The molecule has 0 atom stereocenters. The van der Waals surface area contributed by atoms with E-state index in [2.05, 4.69) is 35.0 Å². The fraction of sp³-hybridized carbons (Fsp3) is 0.300. The topological polar surface area (TPSA) is 23.8 Å². The lowest BCUT2D eigenvalue weighted by Gasteiger charge is -2.07. The van der Waals surface area contributed by atoms with E-state index in [4.69, 9.17) is 5.26 Å². The van der Waals surface area contributed by atoms with Crippen LogP contribution >= 0.6 is 15.9 Å². The van der Waals surface area contributed by atoms with E-state index in [1.54, 1.807) is 0 Å². The molecule has 0 unspecified atom stereocenters. The second-order valence-electron chi connectivity index (χ2n) is 2.80. The van der Waals surface area contributed by atoms with Gasteiger partial charge in [0.05, 0.1) is 12.5 Å². The van der Waals surface area contributed by atoms with Crippen LogP contribution in [0.25, 0.3) is 0 Å². The molecule has 0 aliphatic rings. The van der Waals surface area contributed by atoms with E-state index in [1.165, 1.54) is 11.1 Å². The number of nitrogens with zero attached hydrogens (tertiary/aromatic N) is 1. The summed E-state index contributed by atoms with van der Waals surface area (Å²) in [5.41, 5.74) is 3.56. The highest BCUT2D eigenvalue weighted by Gasteiger charge is 2.04. The van der Waals surface area contributed by atoms with Crippen molar-refractivity contribution in [2.75, 3.05) is 0 Å². The van der Waals surface area contributed by atoms with Crippen molar-refractivity contribution < 1.29 is 0 Å². The van der Waals surface area contributed by atoms with Gasteiger partial charge in [0.25, 0.3) is 0 Å². The summed E-state index contributed by atoms with van der Waals surface area (Å²) in [4.78, 5) is 0. The van der Waals surface area contributed by atoms with Crippen molar-refractivity contribution in [1.82, 2.24) is 0 Å². The molecular formula is C10H10BrN. The van der Waals surface area contributed by atoms with E-state index in [1.807, 2.05) is 13.0 Å². The van der Waals surface area contributed by atoms with Crippen molar-refractivity contribution in [3.63, 3.8) is 0 Å². The van der Waals surface area contributed by atoms with Crippen molar-refractivity contribution in [2.45, 2.75) is 20.3 Å². The molecular weight excluding hydrogens is 214 g/mol. The van der Waals surface area contributed by atoms with Crippen LogP contribution in [0.3, 0.4) is 0 Å². The van der Waals surface area contributed by atoms with Gasteiger partial charge in [-0.1, -0.05) is 22.0 Å². The fourth-order valence-corrected chi connectivity index (χ4v) is 1.71. The molecule has 0 bridgehead atoms. The first-order valence-electron chi connectivity index (χ1n) is 3.78. The average Bonchev–Trinajstić information content (AvgIpc) is 2.06. The Balaban J connectivity index is 3.25. The van der Waals surface area contributed by atoms with Gasteiger partial charge >= 0.3 is 0 Å². The quantitative estimate of drug-likeness (QED) is 0.718. The Morgan fingerprint density at radius 1 is 1.42 bits per heavy atom. The maximum Gasteiger partial charge on any atom is 0.0670 e. The average molecular weight is 224 g/mol. The van der Waals surface area contributed by atoms with Crippen LogP contribution in [0, 0.1) is 25.2 Å². The third-order valence-corrected chi connectivity index (χ3v) is 2.81. The zero-order chi connectivity index (χ0) is 9.14. The molecule has 2 heteroatoms. The lowest BCUT2D eigenvalue weighted by molar-refractivity contribution is 1.17. The zero-order valence-electron chi connectivity index (χ0n) is 7.19. The van der Waals surface area contributed by atoms with Gasteiger partial charge in [0.15, 0.2) is 0 Å². The second-order valence-corrected chi connectivity index (χ2v) is 3.66. The summed E-state index contributed by atoms with van der Waals surface area (Å²) < 4.78 is 1.03. The van der Waals surface area contributed by atoms with Gasteiger partial charge in [0.1, 0.15) is 0 Å².